The maximum Gasteiger partial charge on any atom is 0.226 e. The van der Waals surface area contributed by atoms with Crippen molar-refractivity contribution in [1.82, 2.24) is 19.9 Å². The Kier molecular flexibility index (Phi) is 8.36. The van der Waals surface area contributed by atoms with Gasteiger partial charge in [0.15, 0.2) is 0 Å². The van der Waals surface area contributed by atoms with Crippen molar-refractivity contribution < 1.29 is 9.47 Å². The van der Waals surface area contributed by atoms with Crippen LogP contribution in [0.1, 0.15) is 5.56 Å². The van der Waals surface area contributed by atoms with Gasteiger partial charge in [-0.3, -0.25) is 0 Å². The second kappa shape index (κ2) is 11.9. The summed E-state index contributed by atoms with van der Waals surface area (Å²) in [6.45, 7) is 9.87. The predicted octanol–water partition coefficient (Wildman–Crippen LogP) is 5.65. The van der Waals surface area contributed by atoms with E-state index >= 15 is 0 Å². The van der Waals surface area contributed by atoms with Crippen LogP contribution < -0.4 is 9.80 Å². The van der Waals surface area contributed by atoms with Gasteiger partial charge in [-0.1, -0.05) is 51.8 Å². The Bertz CT molecular complexity index is 1430. The fourth-order valence-corrected chi connectivity index (χ4v) is 5.28. The van der Waals surface area contributed by atoms with Crippen molar-refractivity contribution in [3.63, 3.8) is 0 Å². The molecule has 2 fully saturated rings. The van der Waals surface area contributed by atoms with Crippen LogP contribution >= 0.6 is 39.1 Å². The Balaban J connectivity index is 0.000000152. The molecular weight excluding hydrogens is 579 g/mol. The van der Waals surface area contributed by atoms with Crippen LogP contribution in [0.4, 0.5) is 11.9 Å². The first-order chi connectivity index (χ1) is 18.0. The van der Waals surface area contributed by atoms with Gasteiger partial charge in [0.1, 0.15) is 0 Å². The topological polar surface area (TPSA) is 76.5 Å². The first-order valence-corrected chi connectivity index (χ1v) is 13.4. The molecule has 4 aromatic rings. The van der Waals surface area contributed by atoms with E-state index in [1.165, 1.54) is 0 Å². The lowest BCUT2D eigenvalue weighted by atomic mass is 10.1. The van der Waals surface area contributed by atoms with Crippen LogP contribution in [0.3, 0.4) is 0 Å². The molecule has 0 spiro atoms. The number of benzene rings is 2. The van der Waals surface area contributed by atoms with Gasteiger partial charge in [0.25, 0.3) is 0 Å². The number of morpholine rings is 2. The first kappa shape index (κ1) is 26.1. The number of halogens is 3. The largest absolute Gasteiger partial charge is 0.378 e. The third-order valence-corrected chi connectivity index (χ3v) is 7.09. The molecule has 2 aliphatic rings. The van der Waals surface area contributed by atoms with Gasteiger partial charge in [-0.25, -0.2) is 19.9 Å². The van der Waals surface area contributed by atoms with E-state index in [2.05, 4.69) is 52.2 Å². The van der Waals surface area contributed by atoms with Gasteiger partial charge in [0.05, 0.1) is 47.5 Å². The molecule has 2 aromatic heterocycles. The number of rotatable bonds is 3. The number of aromatic nitrogens is 4. The third kappa shape index (κ3) is 6.13. The molecule has 37 heavy (non-hydrogen) atoms. The highest BCUT2D eigenvalue weighted by molar-refractivity contribution is 9.10. The van der Waals surface area contributed by atoms with Crippen molar-refractivity contribution in [2.45, 2.75) is 0 Å². The SMILES string of the molecule is C=Cc1cc(Cl)c2nc(N3CCOCC3)ncc2c1.Clc1cc(Br)cc2cnc(N3CCOCC3)nc12. The summed E-state index contributed by atoms with van der Waals surface area (Å²) >= 11 is 15.9. The highest BCUT2D eigenvalue weighted by Crippen LogP contribution is 2.28. The van der Waals surface area contributed by atoms with Crippen LogP contribution in [0.5, 0.6) is 0 Å². The molecule has 4 heterocycles. The fourth-order valence-electron chi connectivity index (χ4n) is 4.12. The van der Waals surface area contributed by atoms with E-state index in [0.29, 0.717) is 29.2 Å². The number of fused-ring (bicyclic) bond motifs is 2. The molecule has 2 aromatic carbocycles. The number of hydrogen-bond donors (Lipinski definition) is 0. The molecule has 0 saturated carbocycles. The molecule has 0 atom stereocenters. The summed E-state index contributed by atoms with van der Waals surface area (Å²) in [5.41, 5.74) is 2.54. The molecule has 0 unspecified atom stereocenters. The van der Waals surface area contributed by atoms with E-state index in [9.17, 15) is 0 Å². The number of nitrogens with zero attached hydrogens (tertiary/aromatic N) is 6. The predicted molar refractivity (Wildman–Crippen MR) is 153 cm³/mol. The Labute approximate surface area is 233 Å². The molecule has 2 saturated heterocycles. The average Bonchev–Trinajstić information content (AvgIpc) is 2.94. The average molecular weight is 604 g/mol. The lowest BCUT2D eigenvalue weighted by Crippen LogP contribution is -2.37. The molecule has 0 N–H and O–H groups in total. The highest BCUT2D eigenvalue weighted by atomic mass is 79.9. The van der Waals surface area contributed by atoms with E-state index in [4.69, 9.17) is 32.7 Å². The van der Waals surface area contributed by atoms with Crippen molar-refractivity contribution >= 4 is 78.9 Å². The number of ether oxygens (including phenoxy) is 2. The summed E-state index contributed by atoms with van der Waals surface area (Å²) in [6.07, 6.45) is 5.39. The first-order valence-electron chi connectivity index (χ1n) is 11.9. The van der Waals surface area contributed by atoms with Crippen LogP contribution in [0, 0.1) is 0 Å². The normalized spacial score (nSPS) is 16.0. The molecule has 11 heteroatoms. The van der Waals surface area contributed by atoms with Gasteiger partial charge in [-0.2, -0.15) is 0 Å². The molecule has 0 aliphatic carbocycles. The minimum atomic E-state index is 0.629. The highest BCUT2D eigenvalue weighted by Gasteiger charge is 2.16. The molecule has 2 aliphatic heterocycles. The molecule has 192 valence electrons. The van der Waals surface area contributed by atoms with E-state index in [1.807, 2.05) is 36.7 Å². The Morgan fingerprint density at radius 1 is 0.757 bits per heavy atom. The fraction of sp³-hybridized carbons (Fsp3) is 0.308. The zero-order chi connectivity index (χ0) is 25.8. The standard InChI is InChI=1S/C14H14ClN3O.C12H11BrClN3O/c1-2-10-7-11-9-16-14(17-13(11)12(15)8-10)18-3-5-19-6-4-18;13-9-5-8-7-15-12(16-11(8)10(14)6-9)17-1-3-18-4-2-17/h2,7-9H,1,3-6H2;5-7H,1-4H2. The van der Waals surface area contributed by atoms with E-state index in [-0.39, 0.29) is 0 Å². The van der Waals surface area contributed by atoms with Crippen LogP contribution in [-0.2, 0) is 9.47 Å². The molecule has 8 nitrogen and oxygen atoms in total. The summed E-state index contributed by atoms with van der Waals surface area (Å²) < 4.78 is 11.6. The maximum absolute atomic E-state index is 6.27. The van der Waals surface area contributed by atoms with Gasteiger partial charge < -0.3 is 19.3 Å². The second-order valence-corrected chi connectivity index (χ2v) is 10.2. The summed E-state index contributed by atoms with van der Waals surface area (Å²) in [4.78, 5) is 22.1. The molecule has 0 bridgehead atoms. The summed E-state index contributed by atoms with van der Waals surface area (Å²) in [5.74, 6) is 1.43. The van der Waals surface area contributed by atoms with Crippen LogP contribution in [0.2, 0.25) is 10.0 Å². The monoisotopic (exact) mass is 602 g/mol. The van der Waals surface area contributed by atoms with Crippen molar-refractivity contribution in [1.29, 1.82) is 0 Å². The van der Waals surface area contributed by atoms with Gasteiger partial charge in [-0.15, -0.1) is 0 Å². The molecule has 0 radical (unpaired) electrons. The van der Waals surface area contributed by atoms with Crippen LogP contribution in [0.15, 0.2) is 47.7 Å². The van der Waals surface area contributed by atoms with E-state index in [1.54, 1.807) is 6.08 Å². The van der Waals surface area contributed by atoms with Crippen molar-refractivity contribution in [3.8, 4) is 0 Å². The van der Waals surface area contributed by atoms with Gasteiger partial charge in [0, 0.05) is 53.8 Å². The zero-order valence-corrected chi connectivity index (χ0v) is 23.1. The van der Waals surface area contributed by atoms with Crippen molar-refractivity contribution in [2.24, 2.45) is 0 Å². The third-order valence-electron chi connectivity index (χ3n) is 6.06. The molecule has 6 rings (SSSR count). The Hall–Kier alpha value is -2.56. The van der Waals surface area contributed by atoms with Crippen molar-refractivity contribution in [3.05, 3.63) is 63.3 Å². The zero-order valence-electron chi connectivity index (χ0n) is 20.0. The lowest BCUT2D eigenvalue weighted by Gasteiger charge is -2.26. The molecule has 0 amide bonds. The Morgan fingerprint density at radius 2 is 1.24 bits per heavy atom. The number of anilines is 2. The van der Waals surface area contributed by atoms with Gasteiger partial charge in [0.2, 0.25) is 11.9 Å². The minimum Gasteiger partial charge on any atom is -0.378 e. The second-order valence-electron chi connectivity index (χ2n) is 8.51. The quantitative estimate of drug-likeness (QED) is 0.298. The lowest BCUT2D eigenvalue weighted by molar-refractivity contribution is 0.122. The minimum absolute atomic E-state index is 0.629. The maximum atomic E-state index is 6.27. The summed E-state index contributed by atoms with van der Waals surface area (Å²) in [6, 6.07) is 7.66. The number of hydrogen-bond acceptors (Lipinski definition) is 8. The smallest absolute Gasteiger partial charge is 0.226 e. The van der Waals surface area contributed by atoms with Crippen LogP contribution in [0.25, 0.3) is 27.9 Å². The van der Waals surface area contributed by atoms with Gasteiger partial charge >= 0.3 is 0 Å². The summed E-state index contributed by atoms with van der Waals surface area (Å²) in [7, 11) is 0. The van der Waals surface area contributed by atoms with Gasteiger partial charge in [-0.05, 0) is 29.8 Å². The molecular formula is C26H25BrCl2N6O2. The van der Waals surface area contributed by atoms with Crippen LogP contribution in [-0.4, -0.2) is 72.5 Å². The van der Waals surface area contributed by atoms with Crippen molar-refractivity contribution in [2.75, 3.05) is 62.4 Å². The van der Waals surface area contributed by atoms with E-state index in [0.717, 1.165) is 77.2 Å². The van der Waals surface area contributed by atoms with E-state index < -0.39 is 0 Å². The Morgan fingerprint density at radius 3 is 1.76 bits per heavy atom. The summed E-state index contributed by atoms with van der Waals surface area (Å²) in [5, 5.41) is 3.13.